The fourth-order valence-corrected chi connectivity index (χ4v) is 1.70. The quantitative estimate of drug-likeness (QED) is 0.517. The van der Waals surface area contributed by atoms with Gasteiger partial charge in [0.25, 0.3) is 0 Å². The van der Waals surface area contributed by atoms with Gasteiger partial charge in [-0.25, -0.2) is 0 Å². The van der Waals surface area contributed by atoms with Gasteiger partial charge >= 0.3 is 11.6 Å². The lowest BCUT2D eigenvalue weighted by Gasteiger charge is -1.72. The van der Waals surface area contributed by atoms with Crippen LogP contribution in [0.1, 0.15) is 5.69 Å². The van der Waals surface area contributed by atoms with E-state index in [0.717, 1.165) is 17.3 Å². The van der Waals surface area contributed by atoms with Crippen LogP contribution in [0.25, 0.3) is 0 Å². The summed E-state index contributed by atoms with van der Waals surface area (Å²) in [6.07, 6.45) is 0. The van der Waals surface area contributed by atoms with E-state index in [1.807, 2.05) is 0 Å². The Kier molecular flexibility index (Phi) is 0.926. The number of nitrogens with zero attached hydrogens (tertiary/aromatic N) is 2. The summed E-state index contributed by atoms with van der Waals surface area (Å²) in [7, 11) is 0. The minimum absolute atomic E-state index is 0.0417. The average molecular weight is 145 g/mol. The predicted molar refractivity (Wildman–Crippen MR) is 29.7 cm³/mol. The lowest BCUT2D eigenvalue weighted by molar-refractivity contribution is -0.745. The number of rotatable bonds is 0. The Morgan fingerprint density at radius 3 is 3.44 bits per heavy atom. The predicted octanol–water partition coefficient (Wildman–Crippen LogP) is -0.128. The van der Waals surface area contributed by atoms with Crippen LogP contribution >= 0.6 is 11.8 Å². The van der Waals surface area contributed by atoms with Crippen LogP contribution in [0.5, 0.6) is 5.95 Å². The Morgan fingerprint density at radius 1 is 1.78 bits per heavy atom. The van der Waals surface area contributed by atoms with Gasteiger partial charge in [0.05, 0.1) is 5.75 Å². The molecule has 0 atom stereocenters. The van der Waals surface area contributed by atoms with Crippen molar-refractivity contribution in [2.75, 3.05) is 0 Å². The van der Waals surface area contributed by atoms with E-state index in [1.165, 1.54) is 0 Å². The summed E-state index contributed by atoms with van der Waals surface area (Å²) >= 11 is 1.70. The minimum atomic E-state index is -0.0417. The van der Waals surface area contributed by atoms with Crippen LogP contribution in [0.4, 0.5) is 0 Å². The van der Waals surface area contributed by atoms with Crippen LogP contribution in [-0.2, 0) is 11.6 Å². The van der Waals surface area contributed by atoms with Gasteiger partial charge in [-0.1, -0.05) is 11.8 Å². The zero-order valence-corrected chi connectivity index (χ0v) is 5.39. The molecule has 0 unspecified atom stereocenters. The second kappa shape index (κ2) is 1.63. The standard InChI is InChI=1S/C4H4N2O2S/c7-4-3-1-9-2-6(3)5-8-4/h1-2H2/p+1. The Labute approximate surface area is 55.4 Å². The van der Waals surface area contributed by atoms with Crippen molar-refractivity contribution in [3.05, 3.63) is 5.69 Å². The summed E-state index contributed by atoms with van der Waals surface area (Å²) < 4.78 is 6.15. The molecule has 1 N–H and O–H groups in total. The molecule has 1 aliphatic heterocycles. The summed E-state index contributed by atoms with van der Waals surface area (Å²) in [6.45, 7) is 0. The average Bonchev–Trinajstić information content (AvgIpc) is 2.35. The van der Waals surface area contributed by atoms with Gasteiger partial charge in [-0.05, 0) is 4.68 Å². The molecule has 9 heavy (non-hydrogen) atoms. The zero-order valence-electron chi connectivity index (χ0n) is 4.57. The van der Waals surface area contributed by atoms with E-state index in [4.69, 9.17) is 5.11 Å². The summed E-state index contributed by atoms with van der Waals surface area (Å²) in [5.74, 6) is 1.55. The largest absolute Gasteiger partial charge is 0.475 e. The highest BCUT2D eigenvalue weighted by atomic mass is 32.2. The van der Waals surface area contributed by atoms with Gasteiger partial charge in [-0.2, -0.15) is 0 Å². The number of aromatic nitrogens is 2. The highest BCUT2D eigenvalue weighted by molar-refractivity contribution is 7.97. The second-order valence-electron chi connectivity index (χ2n) is 1.80. The number of thioether (sulfide) groups is 1. The minimum Gasteiger partial charge on any atom is -0.475 e. The summed E-state index contributed by atoms with van der Waals surface area (Å²) in [5, 5.41) is 12.5. The molecule has 1 aliphatic rings. The molecule has 2 heterocycles. The lowest BCUT2D eigenvalue weighted by Crippen LogP contribution is -2.33. The van der Waals surface area contributed by atoms with Gasteiger partial charge < -0.3 is 5.11 Å². The molecule has 4 nitrogen and oxygen atoms in total. The maximum Gasteiger partial charge on any atom is 0.384 e. The molecule has 0 aromatic carbocycles. The van der Waals surface area contributed by atoms with E-state index in [1.54, 1.807) is 16.4 Å². The molecule has 0 radical (unpaired) electrons. The number of hydrogen-bond acceptors (Lipinski definition) is 4. The van der Waals surface area contributed by atoms with E-state index in [2.05, 4.69) is 9.79 Å². The van der Waals surface area contributed by atoms with Crippen molar-refractivity contribution in [2.45, 2.75) is 11.6 Å². The van der Waals surface area contributed by atoms with E-state index >= 15 is 0 Å². The van der Waals surface area contributed by atoms with Gasteiger partial charge in [0, 0.05) is 0 Å². The number of aromatic hydroxyl groups is 1. The van der Waals surface area contributed by atoms with Gasteiger partial charge in [0.15, 0.2) is 0 Å². The van der Waals surface area contributed by atoms with Gasteiger partial charge in [0.1, 0.15) is 0 Å². The van der Waals surface area contributed by atoms with Crippen LogP contribution in [0.3, 0.4) is 0 Å². The van der Waals surface area contributed by atoms with Crippen molar-refractivity contribution in [1.29, 1.82) is 0 Å². The van der Waals surface area contributed by atoms with Crippen molar-refractivity contribution < 1.29 is 14.3 Å². The highest BCUT2D eigenvalue weighted by Crippen LogP contribution is 2.22. The molecule has 1 aromatic heterocycles. The van der Waals surface area contributed by atoms with Crippen LogP contribution in [0.2, 0.25) is 0 Å². The molecule has 0 spiro atoms. The highest BCUT2D eigenvalue weighted by Gasteiger charge is 2.29. The van der Waals surface area contributed by atoms with E-state index in [-0.39, 0.29) is 5.95 Å². The Morgan fingerprint density at radius 2 is 2.67 bits per heavy atom. The lowest BCUT2D eigenvalue weighted by atomic mass is 10.5. The van der Waals surface area contributed by atoms with E-state index < -0.39 is 0 Å². The first-order valence-electron chi connectivity index (χ1n) is 2.53. The number of hydrogen-bond donors (Lipinski definition) is 1. The maximum atomic E-state index is 8.91. The van der Waals surface area contributed by atoms with Crippen LogP contribution in [-0.4, -0.2) is 10.4 Å². The molecule has 0 aliphatic carbocycles. The monoisotopic (exact) mass is 145 g/mol. The number of fused-ring (bicyclic) bond motifs is 1. The van der Waals surface area contributed by atoms with Crippen molar-refractivity contribution in [1.82, 2.24) is 5.27 Å². The summed E-state index contributed by atoms with van der Waals surface area (Å²) in [4.78, 5) is 0. The molecule has 0 saturated heterocycles. The summed E-state index contributed by atoms with van der Waals surface area (Å²) in [6, 6.07) is 0. The Balaban J connectivity index is 2.56. The first kappa shape index (κ1) is 5.10. The molecule has 1 aromatic rings. The van der Waals surface area contributed by atoms with Crippen molar-refractivity contribution in [3.8, 4) is 5.95 Å². The third-order valence-corrected chi connectivity index (χ3v) is 2.14. The normalized spacial score (nSPS) is 16.0. The molecule has 5 heteroatoms. The molecule has 0 amide bonds. The molecule has 0 saturated carbocycles. The van der Waals surface area contributed by atoms with Crippen molar-refractivity contribution in [3.63, 3.8) is 0 Å². The van der Waals surface area contributed by atoms with Crippen LogP contribution in [0.15, 0.2) is 4.52 Å². The van der Waals surface area contributed by atoms with E-state index in [9.17, 15) is 0 Å². The smallest absolute Gasteiger partial charge is 0.384 e. The first-order valence-corrected chi connectivity index (χ1v) is 3.69. The van der Waals surface area contributed by atoms with Gasteiger partial charge in [-0.3, -0.25) is 4.52 Å². The third-order valence-electron chi connectivity index (χ3n) is 1.24. The maximum absolute atomic E-state index is 8.91. The molecule has 2 rings (SSSR count). The van der Waals surface area contributed by atoms with Crippen LogP contribution < -0.4 is 4.68 Å². The fourth-order valence-electron chi connectivity index (χ4n) is 0.767. The Hall–Kier alpha value is -0.710. The molecule has 0 bridgehead atoms. The molecule has 0 fully saturated rings. The first-order chi connectivity index (χ1) is 4.38. The fraction of sp³-hybridized carbons (Fsp3) is 0.500. The molecular formula is C4H5N2O2S+. The zero-order chi connectivity index (χ0) is 6.27. The SMILES string of the molecule is Oc1on[n+]2c1CSC2. The third kappa shape index (κ3) is 0.610. The van der Waals surface area contributed by atoms with Crippen molar-refractivity contribution in [2.24, 2.45) is 0 Å². The second-order valence-corrected chi connectivity index (χ2v) is 2.76. The summed E-state index contributed by atoms with van der Waals surface area (Å²) in [5.41, 5.74) is 0.792. The van der Waals surface area contributed by atoms with Crippen molar-refractivity contribution >= 4 is 11.8 Å². The molecular weight excluding hydrogens is 140 g/mol. The van der Waals surface area contributed by atoms with Gasteiger partial charge in [0.2, 0.25) is 11.1 Å². The van der Waals surface area contributed by atoms with Gasteiger partial charge in [-0.15, -0.1) is 0 Å². The van der Waals surface area contributed by atoms with Crippen LogP contribution in [0, 0.1) is 0 Å². The Bertz CT molecular complexity index is 234. The molecule has 48 valence electrons. The van der Waals surface area contributed by atoms with E-state index in [0.29, 0.717) is 0 Å². The topological polar surface area (TPSA) is 50.1 Å².